The summed E-state index contributed by atoms with van der Waals surface area (Å²) in [4.78, 5) is 0. The van der Waals surface area contributed by atoms with E-state index in [4.69, 9.17) is 15.9 Å². The van der Waals surface area contributed by atoms with Gasteiger partial charge in [0, 0.05) is 24.6 Å². The smallest absolute Gasteiger partial charge is 0.165 e. The Kier molecular flexibility index (Phi) is 3.89. The second-order valence-corrected chi connectivity index (χ2v) is 4.13. The third-order valence-corrected chi connectivity index (χ3v) is 2.71. The predicted molar refractivity (Wildman–Crippen MR) is 67.2 cm³/mol. The highest BCUT2D eigenvalue weighted by Crippen LogP contribution is 2.33. The minimum absolute atomic E-state index is 0.306. The first-order valence-electron chi connectivity index (χ1n) is 5.85. The van der Waals surface area contributed by atoms with Gasteiger partial charge in [0.05, 0.1) is 0 Å². The molecule has 1 aliphatic heterocycles. The molecule has 1 unspecified atom stereocenters. The normalized spacial score (nSPS) is 15.1. The third-order valence-electron chi connectivity index (χ3n) is 2.71. The van der Waals surface area contributed by atoms with Gasteiger partial charge in [-0.15, -0.1) is 12.3 Å². The molecular formula is C14H17NO2. The van der Waals surface area contributed by atoms with Gasteiger partial charge in [-0.05, 0) is 13.0 Å². The Morgan fingerprint density at radius 1 is 1.41 bits per heavy atom. The zero-order chi connectivity index (χ0) is 12.1. The molecule has 2 rings (SSSR count). The fourth-order valence-corrected chi connectivity index (χ4v) is 1.81. The predicted octanol–water partition coefficient (Wildman–Crippen LogP) is 1.96. The SMILES string of the molecule is C#CCC(C)NCc1cccc2c1OCCO2. The van der Waals surface area contributed by atoms with Crippen LogP contribution < -0.4 is 14.8 Å². The molecule has 1 atom stereocenters. The average Bonchev–Trinajstić information content (AvgIpc) is 2.36. The van der Waals surface area contributed by atoms with E-state index in [2.05, 4.69) is 18.2 Å². The lowest BCUT2D eigenvalue weighted by Gasteiger charge is -2.21. The minimum atomic E-state index is 0.306. The standard InChI is InChI=1S/C14H17NO2/c1-3-5-11(2)15-10-12-6-4-7-13-14(12)17-9-8-16-13/h1,4,6-7,11,15H,5,8-10H2,2H3. The molecule has 17 heavy (non-hydrogen) atoms. The molecule has 0 aliphatic carbocycles. The number of nitrogens with one attached hydrogen (secondary N) is 1. The molecule has 1 aliphatic rings. The molecular weight excluding hydrogens is 214 g/mol. The van der Waals surface area contributed by atoms with Crippen LogP contribution in [0.15, 0.2) is 18.2 Å². The van der Waals surface area contributed by atoms with E-state index in [9.17, 15) is 0 Å². The highest BCUT2D eigenvalue weighted by molar-refractivity contribution is 5.47. The molecule has 0 amide bonds. The van der Waals surface area contributed by atoms with Gasteiger partial charge < -0.3 is 14.8 Å². The lowest BCUT2D eigenvalue weighted by atomic mass is 10.1. The van der Waals surface area contributed by atoms with Crippen molar-refractivity contribution >= 4 is 0 Å². The first kappa shape index (κ1) is 11.8. The Hall–Kier alpha value is -1.66. The van der Waals surface area contributed by atoms with Crippen molar-refractivity contribution in [3.8, 4) is 23.8 Å². The molecule has 1 aromatic carbocycles. The number of terminal acetylenes is 1. The maximum absolute atomic E-state index is 5.64. The van der Waals surface area contributed by atoms with E-state index in [-0.39, 0.29) is 0 Å². The summed E-state index contributed by atoms with van der Waals surface area (Å²) in [6, 6.07) is 6.27. The summed E-state index contributed by atoms with van der Waals surface area (Å²) < 4.78 is 11.2. The highest BCUT2D eigenvalue weighted by Gasteiger charge is 2.15. The number of hydrogen-bond donors (Lipinski definition) is 1. The molecule has 0 spiro atoms. The van der Waals surface area contributed by atoms with Crippen LogP contribution in [-0.2, 0) is 6.54 Å². The molecule has 0 bridgehead atoms. The number of ether oxygens (including phenoxy) is 2. The largest absolute Gasteiger partial charge is 0.486 e. The molecule has 3 nitrogen and oxygen atoms in total. The van der Waals surface area contributed by atoms with Crippen molar-refractivity contribution in [2.45, 2.75) is 25.9 Å². The summed E-state index contributed by atoms with van der Waals surface area (Å²) in [7, 11) is 0. The van der Waals surface area contributed by atoms with Crippen molar-refractivity contribution in [1.29, 1.82) is 0 Å². The van der Waals surface area contributed by atoms with E-state index in [0.717, 1.165) is 30.0 Å². The summed E-state index contributed by atoms with van der Waals surface area (Å²) in [5, 5.41) is 3.37. The first-order valence-corrected chi connectivity index (χ1v) is 5.85. The van der Waals surface area contributed by atoms with E-state index < -0.39 is 0 Å². The van der Waals surface area contributed by atoms with Crippen LogP contribution in [0.4, 0.5) is 0 Å². The van der Waals surface area contributed by atoms with Gasteiger partial charge >= 0.3 is 0 Å². The molecule has 3 heteroatoms. The van der Waals surface area contributed by atoms with E-state index in [1.54, 1.807) is 0 Å². The molecule has 1 aromatic rings. The topological polar surface area (TPSA) is 30.5 Å². The van der Waals surface area contributed by atoms with Gasteiger partial charge in [0.25, 0.3) is 0 Å². The van der Waals surface area contributed by atoms with Crippen molar-refractivity contribution < 1.29 is 9.47 Å². The van der Waals surface area contributed by atoms with Gasteiger partial charge in [-0.2, -0.15) is 0 Å². The van der Waals surface area contributed by atoms with Crippen LogP contribution in [0.5, 0.6) is 11.5 Å². The van der Waals surface area contributed by atoms with Crippen LogP contribution >= 0.6 is 0 Å². The summed E-state index contributed by atoms with van der Waals surface area (Å²) in [6.45, 7) is 4.06. The number of fused-ring (bicyclic) bond motifs is 1. The van der Waals surface area contributed by atoms with Gasteiger partial charge in [-0.3, -0.25) is 0 Å². The summed E-state index contributed by atoms with van der Waals surface area (Å²) >= 11 is 0. The monoisotopic (exact) mass is 231 g/mol. The van der Waals surface area contributed by atoms with Gasteiger partial charge in [0.1, 0.15) is 13.2 Å². The molecule has 90 valence electrons. The molecule has 1 N–H and O–H groups in total. The average molecular weight is 231 g/mol. The Balaban J connectivity index is 2.04. The second kappa shape index (κ2) is 5.60. The van der Waals surface area contributed by atoms with Crippen molar-refractivity contribution in [3.63, 3.8) is 0 Å². The van der Waals surface area contributed by atoms with E-state index in [1.165, 1.54) is 0 Å². The molecule has 0 aromatic heterocycles. The van der Waals surface area contributed by atoms with Crippen LogP contribution in [0.1, 0.15) is 18.9 Å². The van der Waals surface area contributed by atoms with Crippen LogP contribution in [0.2, 0.25) is 0 Å². The summed E-state index contributed by atoms with van der Waals surface area (Å²) in [5.41, 5.74) is 1.12. The lowest BCUT2D eigenvalue weighted by molar-refractivity contribution is 0.169. The molecule has 0 fully saturated rings. The van der Waals surface area contributed by atoms with Gasteiger partial charge in [0.15, 0.2) is 11.5 Å². The van der Waals surface area contributed by atoms with Gasteiger partial charge in [-0.1, -0.05) is 12.1 Å². The highest BCUT2D eigenvalue weighted by atomic mass is 16.6. The van der Waals surface area contributed by atoms with E-state index >= 15 is 0 Å². The maximum Gasteiger partial charge on any atom is 0.165 e. The second-order valence-electron chi connectivity index (χ2n) is 4.13. The maximum atomic E-state index is 5.64. The van der Waals surface area contributed by atoms with Crippen molar-refractivity contribution in [2.24, 2.45) is 0 Å². The van der Waals surface area contributed by atoms with Crippen LogP contribution in [0.3, 0.4) is 0 Å². The Morgan fingerprint density at radius 3 is 3.06 bits per heavy atom. The summed E-state index contributed by atoms with van der Waals surface area (Å²) in [5.74, 6) is 4.34. The Labute approximate surface area is 102 Å². The van der Waals surface area contributed by atoms with E-state index in [0.29, 0.717) is 19.3 Å². The minimum Gasteiger partial charge on any atom is -0.486 e. The molecule has 0 saturated heterocycles. The fraction of sp³-hybridized carbons (Fsp3) is 0.429. The summed E-state index contributed by atoms with van der Waals surface area (Å²) in [6.07, 6.45) is 6.00. The quantitative estimate of drug-likeness (QED) is 0.803. The molecule has 0 radical (unpaired) electrons. The molecule has 0 saturated carbocycles. The van der Waals surface area contributed by atoms with Crippen LogP contribution in [0, 0.1) is 12.3 Å². The lowest BCUT2D eigenvalue weighted by Crippen LogP contribution is -2.26. The van der Waals surface area contributed by atoms with Crippen molar-refractivity contribution in [2.75, 3.05) is 13.2 Å². The molecule has 1 heterocycles. The van der Waals surface area contributed by atoms with Crippen molar-refractivity contribution in [1.82, 2.24) is 5.32 Å². The Bertz CT molecular complexity index is 423. The number of hydrogen-bond acceptors (Lipinski definition) is 3. The zero-order valence-electron chi connectivity index (χ0n) is 10.0. The van der Waals surface area contributed by atoms with Crippen LogP contribution in [-0.4, -0.2) is 19.3 Å². The zero-order valence-corrected chi connectivity index (χ0v) is 10.0. The third kappa shape index (κ3) is 2.92. The van der Waals surface area contributed by atoms with Crippen LogP contribution in [0.25, 0.3) is 0 Å². The van der Waals surface area contributed by atoms with Crippen molar-refractivity contribution in [3.05, 3.63) is 23.8 Å². The van der Waals surface area contributed by atoms with Gasteiger partial charge in [-0.25, -0.2) is 0 Å². The number of benzene rings is 1. The number of rotatable bonds is 4. The first-order chi connectivity index (χ1) is 8.31. The Morgan fingerprint density at radius 2 is 2.24 bits per heavy atom. The number of para-hydroxylation sites is 1. The van der Waals surface area contributed by atoms with E-state index in [1.807, 2.05) is 18.2 Å². The fourth-order valence-electron chi connectivity index (χ4n) is 1.81. The van der Waals surface area contributed by atoms with Gasteiger partial charge in [0.2, 0.25) is 0 Å².